The fourth-order valence-corrected chi connectivity index (χ4v) is 3.91. The summed E-state index contributed by atoms with van der Waals surface area (Å²) in [4.78, 5) is 27.9. The molecule has 0 spiro atoms. The van der Waals surface area contributed by atoms with Crippen molar-refractivity contribution in [2.75, 3.05) is 0 Å². The molecular weight excluding hydrogens is 566 g/mol. The Balaban J connectivity index is 3.84. The van der Waals surface area contributed by atoms with Crippen LogP contribution < -0.4 is 11.1 Å². The number of nitrogens with zero attached hydrogens (tertiary/aromatic N) is 1. The van der Waals surface area contributed by atoms with Gasteiger partial charge in [0.2, 0.25) is 17.8 Å². The lowest BCUT2D eigenvalue weighted by molar-refractivity contribution is -0.119. The van der Waals surface area contributed by atoms with Crippen LogP contribution in [0.1, 0.15) is 117 Å². The van der Waals surface area contributed by atoms with E-state index in [2.05, 4.69) is 146 Å². The number of hydrogen-bond acceptors (Lipinski definition) is 2. The molecule has 0 aliphatic heterocycles. The lowest BCUT2D eigenvalue weighted by Gasteiger charge is -2.03. The van der Waals surface area contributed by atoms with Gasteiger partial charge in [0.05, 0.1) is 0 Å². The standard InChI is InChI=1S/C41H61N3O2/c1-3-5-7-9-11-13-15-17-19-21-23-25-27-29-31-33-35-37-39(45)43-41(42)44-40(46)38-36-34-32-30-28-26-24-22-20-18-16-14-12-10-8-6-4-2/h5-8,11-14,17-20,23-26,29-32H,3-4,9-10,15-16,21-22,27-28,33-38H2,1-2H3,(H3,42,43,44,45,46). The summed E-state index contributed by atoms with van der Waals surface area (Å²) in [6, 6.07) is 0. The summed E-state index contributed by atoms with van der Waals surface area (Å²) in [5.74, 6) is -0.663. The first-order chi connectivity index (χ1) is 22.6. The van der Waals surface area contributed by atoms with E-state index in [1.807, 2.05) is 0 Å². The number of amides is 2. The van der Waals surface area contributed by atoms with E-state index < -0.39 is 0 Å². The van der Waals surface area contributed by atoms with E-state index >= 15 is 0 Å². The molecule has 0 bridgehead atoms. The lowest BCUT2D eigenvalue weighted by Crippen LogP contribution is -2.37. The van der Waals surface area contributed by atoms with Crippen LogP contribution in [-0.2, 0) is 9.59 Å². The minimum absolute atomic E-state index is 0.125. The number of nitrogens with one attached hydrogen (secondary N) is 1. The highest BCUT2D eigenvalue weighted by atomic mass is 16.2. The Labute approximate surface area is 281 Å². The zero-order valence-electron chi connectivity index (χ0n) is 28.7. The van der Waals surface area contributed by atoms with Crippen LogP contribution in [0.25, 0.3) is 0 Å². The first kappa shape index (κ1) is 42.0. The number of rotatable bonds is 26. The summed E-state index contributed by atoms with van der Waals surface area (Å²) >= 11 is 0. The second-order valence-electron chi connectivity index (χ2n) is 10.6. The van der Waals surface area contributed by atoms with Crippen LogP contribution in [0.4, 0.5) is 0 Å². The van der Waals surface area contributed by atoms with E-state index in [1.165, 1.54) is 0 Å². The third-order valence-electron chi connectivity index (χ3n) is 6.36. The Morgan fingerprint density at radius 3 is 1.13 bits per heavy atom. The van der Waals surface area contributed by atoms with E-state index in [4.69, 9.17) is 5.73 Å². The molecule has 0 aromatic rings. The first-order valence-corrected chi connectivity index (χ1v) is 17.3. The van der Waals surface area contributed by atoms with Crippen molar-refractivity contribution in [3.05, 3.63) is 122 Å². The second kappa shape index (κ2) is 35.5. The SMILES string of the molecule is CCC=CCC=CCC=CCC=CCC=CCCCC(=O)N=C(N)NC(=O)CCCC=CCC=CCC=CCC=CCC=CCC. The molecule has 46 heavy (non-hydrogen) atoms. The average Bonchev–Trinajstić information content (AvgIpc) is 3.03. The summed E-state index contributed by atoms with van der Waals surface area (Å²) in [6.07, 6.45) is 56.7. The molecule has 0 unspecified atom stereocenters. The molecule has 0 heterocycles. The van der Waals surface area contributed by atoms with E-state index in [-0.39, 0.29) is 17.8 Å². The van der Waals surface area contributed by atoms with E-state index in [1.54, 1.807) is 0 Å². The maximum absolute atomic E-state index is 12.1. The molecule has 3 N–H and O–H groups in total. The first-order valence-electron chi connectivity index (χ1n) is 17.3. The molecule has 0 aromatic heterocycles. The van der Waals surface area contributed by atoms with Crippen molar-refractivity contribution >= 4 is 17.8 Å². The number of allylic oxidation sites excluding steroid dienone is 20. The van der Waals surface area contributed by atoms with Gasteiger partial charge in [0.1, 0.15) is 0 Å². The Morgan fingerprint density at radius 2 is 0.783 bits per heavy atom. The molecule has 0 fully saturated rings. The average molecular weight is 628 g/mol. The molecule has 0 atom stereocenters. The van der Waals surface area contributed by atoms with Gasteiger partial charge < -0.3 is 5.73 Å². The van der Waals surface area contributed by atoms with Gasteiger partial charge in [-0.3, -0.25) is 14.9 Å². The topological polar surface area (TPSA) is 84.6 Å². The van der Waals surface area contributed by atoms with Gasteiger partial charge in [0, 0.05) is 12.8 Å². The third-order valence-corrected chi connectivity index (χ3v) is 6.36. The van der Waals surface area contributed by atoms with Crippen LogP contribution in [0.15, 0.2) is 127 Å². The van der Waals surface area contributed by atoms with Crippen molar-refractivity contribution in [3.8, 4) is 0 Å². The molecule has 0 aliphatic carbocycles. The Hall–Kier alpha value is -3.99. The van der Waals surface area contributed by atoms with Crippen molar-refractivity contribution in [1.82, 2.24) is 5.32 Å². The number of nitrogens with two attached hydrogens (primary N) is 1. The molecule has 0 aromatic carbocycles. The van der Waals surface area contributed by atoms with Gasteiger partial charge in [-0.2, -0.15) is 4.99 Å². The number of carbonyl (C=O) groups is 2. The normalized spacial score (nSPS) is 13.5. The third kappa shape index (κ3) is 34.5. The number of hydrogen-bond donors (Lipinski definition) is 2. The Kier molecular flexibility index (Phi) is 32.4. The highest BCUT2D eigenvalue weighted by molar-refractivity contribution is 6.01. The van der Waals surface area contributed by atoms with Gasteiger partial charge in [-0.05, 0) is 89.9 Å². The molecular formula is C41H61N3O2. The maximum Gasteiger partial charge on any atom is 0.248 e. The number of carbonyl (C=O) groups excluding carboxylic acids is 2. The zero-order valence-corrected chi connectivity index (χ0v) is 28.7. The van der Waals surface area contributed by atoms with Gasteiger partial charge in [0.15, 0.2) is 0 Å². The van der Waals surface area contributed by atoms with Crippen LogP contribution in [0.5, 0.6) is 0 Å². The molecule has 0 saturated carbocycles. The molecule has 252 valence electrons. The number of aliphatic imine (C=N–C) groups is 1. The lowest BCUT2D eigenvalue weighted by atomic mass is 10.2. The van der Waals surface area contributed by atoms with Crippen molar-refractivity contribution in [3.63, 3.8) is 0 Å². The van der Waals surface area contributed by atoms with Crippen LogP contribution in [-0.4, -0.2) is 17.8 Å². The van der Waals surface area contributed by atoms with Gasteiger partial charge >= 0.3 is 0 Å². The largest absolute Gasteiger partial charge is 0.369 e. The van der Waals surface area contributed by atoms with Crippen LogP contribution in [0.2, 0.25) is 0 Å². The van der Waals surface area contributed by atoms with Gasteiger partial charge in [-0.15, -0.1) is 0 Å². The monoisotopic (exact) mass is 627 g/mol. The highest BCUT2D eigenvalue weighted by Crippen LogP contribution is 2.02. The fraction of sp³-hybridized carbons (Fsp3) is 0.439. The molecule has 0 radical (unpaired) electrons. The minimum atomic E-state index is -0.316. The van der Waals surface area contributed by atoms with E-state index in [0.717, 1.165) is 77.0 Å². The Bertz CT molecular complexity index is 1090. The van der Waals surface area contributed by atoms with Crippen molar-refractivity contribution in [1.29, 1.82) is 0 Å². The summed E-state index contributed by atoms with van der Waals surface area (Å²) in [7, 11) is 0. The zero-order chi connectivity index (χ0) is 33.6. The predicted octanol–water partition coefficient (Wildman–Crippen LogP) is 10.8. The number of unbranched alkanes of at least 4 members (excludes halogenated alkanes) is 2. The van der Waals surface area contributed by atoms with Crippen molar-refractivity contribution < 1.29 is 9.59 Å². The van der Waals surface area contributed by atoms with Gasteiger partial charge in [0.25, 0.3) is 0 Å². The van der Waals surface area contributed by atoms with E-state index in [0.29, 0.717) is 25.7 Å². The van der Waals surface area contributed by atoms with Crippen LogP contribution >= 0.6 is 0 Å². The van der Waals surface area contributed by atoms with Crippen LogP contribution in [0, 0.1) is 0 Å². The second-order valence-corrected chi connectivity index (χ2v) is 10.6. The Morgan fingerprint density at radius 1 is 0.478 bits per heavy atom. The van der Waals surface area contributed by atoms with E-state index in [9.17, 15) is 9.59 Å². The van der Waals surface area contributed by atoms with Gasteiger partial charge in [-0.25, -0.2) is 0 Å². The molecule has 0 saturated heterocycles. The summed E-state index contributed by atoms with van der Waals surface area (Å²) in [5.41, 5.74) is 5.74. The smallest absolute Gasteiger partial charge is 0.248 e. The number of guanidine groups is 1. The predicted molar refractivity (Wildman–Crippen MR) is 201 cm³/mol. The summed E-state index contributed by atoms with van der Waals surface area (Å²) < 4.78 is 0. The quantitative estimate of drug-likeness (QED) is 0.0433. The van der Waals surface area contributed by atoms with Crippen molar-refractivity contribution in [2.24, 2.45) is 10.7 Å². The molecule has 5 nitrogen and oxygen atoms in total. The maximum atomic E-state index is 12.1. The molecule has 2 amide bonds. The molecule has 0 rings (SSSR count). The minimum Gasteiger partial charge on any atom is -0.369 e. The molecule has 5 heteroatoms. The fourth-order valence-electron chi connectivity index (χ4n) is 3.91. The highest BCUT2D eigenvalue weighted by Gasteiger charge is 2.05. The van der Waals surface area contributed by atoms with Crippen LogP contribution in [0.3, 0.4) is 0 Å². The summed E-state index contributed by atoms with van der Waals surface area (Å²) in [6.45, 7) is 4.29. The van der Waals surface area contributed by atoms with Gasteiger partial charge in [-0.1, -0.05) is 135 Å². The molecule has 0 aliphatic rings. The summed E-state index contributed by atoms with van der Waals surface area (Å²) in [5, 5.41) is 2.51. The van der Waals surface area contributed by atoms with Crippen molar-refractivity contribution in [2.45, 2.75) is 117 Å².